The van der Waals surface area contributed by atoms with Crippen molar-refractivity contribution in [1.29, 1.82) is 0 Å². The highest BCUT2D eigenvalue weighted by Gasteiger charge is 2.24. The van der Waals surface area contributed by atoms with Crippen LogP contribution in [0.4, 0.5) is 5.69 Å². The van der Waals surface area contributed by atoms with Gasteiger partial charge in [0.25, 0.3) is 0 Å². The molecule has 0 fully saturated rings. The number of amides is 1. The molecule has 29 heavy (non-hydrogen) atoms. The van der Waals surface area contributed by atoms with Gasteiger partial charge < -0.3 is 9.47 Å². The van der Waals surface area contributed by atoms with Crippen LogP contribution in [0, 0.1) is 0 Å². The molecule has 1 aliphatic carbocycles. The molecule has 2 atom stereocenters. The number of aryl methyl sites for hydroxylation is 2. The number of anilines is 1. The fraction of sp³-hybridized carbons (Fsp3) is 0.360. The minimum absolute atomic E-state index is 0.134. The van der Waals surface area contributed by atoms with Crippen LogP contribution in [0.25, 0.3) is 0 Å². The van der Waals surface area contributed by atoms with Crippen LogP contribution in [0.3, 0.4) is 0 Å². The Kier molecular flexibility index (Phi) is 5.52. The van der Waals surface area contributed by atoms with Gasteiger partial charge >= 0.3 is 0 Å². The average molecular weight is 388 g/mol. The molecule has 0 saturated heterocycles. The van der Waals surface area contributed by atoms with Crippen LogP contribution in [0.2, 0.25) is 0 Å². The van der Waals surface area contributed by atoms with Crippen molar-refractivity contribution in [3.05, 3.63) is 83.4 Å². The highest BCUT2D eigenvalue weighted by molar-refractivity contribution is 5.93. The summed E-state index contributed by atoms with van der Waals surface area (Å²) in [6.07, 6.45) is 6.51. The highest BCUT2D eigenvalue weighted by atomic mass is 16.2. The second kappa shape index (κ2) is 8.24. The molecular formula is C25H29N3O. The lowest BCUT2D eigenvalue weighted by atomic mass is 9.97. The molecule has 0 aliphatic heterocycles. The molecule has 1 amide bonds. The fourth-order valence-corrected chi connectivity index (χ4v) is 4.25. The number of carbonyl (C=O) groups excluding carboxylic acids is 1. The van der Waals surface area contributed by atoms with Gasteiger partial charge in [-0.3, -0.25) is 4.79 Å². The lowest BCUT2D eigenvalue weighted by Crippen LogP contribution is -2.32. The Morgan fingerprint density at radius 1 is 1.24 bits per heavy atom. The van der Waals surface area contributed by atoms with E-state index in [4.69, 9.17) is 0 Å². The average Bonchev–Trinajstić information content (AvgIpc) is 3.31. The molecule has 4 rings (SSSR count). The van der Waals surface area contributed by atoms with Crippen LogP contribution < -0.4 is 4.90 Å². The molecule has 0 bridgehead atoms. The maximum absolute atomic E-state index is 13.4. The molecule has 4 heteroatoms. The van der Waals surface area contributed by atoms with E-state index >= 15 is 0 Å². The molecule has 0 N–H and O–H groups in total. The smallest absolute Gasteiger partial charge is 0.228 e. The van der Waals surface area contributed by atoms with E-state index in [2.05, 4.69) is 49.2 Å². The Balaban J connectivity index is 1.62. The predicted molar refractivity (Wildman–Crippen MR) is 117 cm³/mol. The molecule has 1 aromatic heterocycles. The molecule has 0 radical (unpaired) electrons. The molecule has 150 valence electrons. The second-order valence-corrected chi connectivity index (χ2v) is 8.27. The first kappa shape index (κ1) is 19.4. The first-order chi connectivity index (χ1) is 14.0. The van der Waals surface area contributed by atoms with Gasteiger partial charge in [0.05, 0.1) is 6.54 Å². The van der Waals surface area contributed by atoms with Crippen molar-refractivity contribution in [3.63, 3.8) is 0 Å². The number of fused-ring (bicyclic) bond motifs is 1. The normalized spacial score (nSPS) is 16.4. The standard InChI is InChI=1S/C25H29N3O/c1-18-9-10-21-11-12-22(16-23(18)21)28(17-24-26-13-14-27(24)3)25(29)15-19(2)20-7-5-4-6-8-20/h4-8,11-14,16,18-19H,9-10,15,17H2,1-3H3/t18-,19+/m0/s1. The van der Waals surface area contributed by atoms with Crippen LogP contribution in [0.15, 0.2) is 60.9 Å². The van der Waals surface area contributed by atoms with E-state index < -0.39 is 0 Å². The van der Waals surface area contributed by atoms with Gasteiger partial charge in [-0.1, -0.05) is 50.2 Å². The third-order valence-corrected chi connectivity index (χ3v) is 6.19. The van der Waals surface area contributed by atoms with Gasteiger partial charge in [0.1, 0.15) is 5.82 Å². The first-order valence-corrected chi connectivity index (χ1v) is 10.5. The van der Waals surface area contributed by atoms with Crippen molar-refractivity contribution in [1.82, 2.24) is 9.55 Å². The molecule has 0 spiro atoms. The maximum atomic E-state index is 13.4. The summed E-state index contributed by atoms with van der Waals surface area (Å²) in [5.74, 6) is 1.74. The zero-order valence-electron chi connectivity index (χ0n) is 17.5. The summed E-state index contributed by atoms with van der Waals surface area (Å²) in [5.41, 5.74) is 4.98. The lowest BCUT2D eigenvalue weighted by molar-refractivity contribution is -0.119. The number of carbonyl (C=O) groups is 1. The van der Waals surface area contributed by atoms with Gasteiger partial charge in [-0.25, -0.2) is 4.98 Å². The second-order valence-electron chi connectivity index (χ2n) is 8.27. The van der Waals surface area contributed by atoms with E-state index in [-0.39, 0.29) is 11.8 Å². The van der Waals surface area contributed by atoms with Crippen LogP contribution in [0.5, 0.6) is 0 Å². The molecule has 0 unspecified atom stereocenters. The molecule has 2 aromatic carbocycles. The summed E-state index contributed by atoms with van der Waals surface area (Å²) in [7, 11) is 1.97. The largest absolute Gasteiger partial charge is 0.337 e. The number of hydrogen-bond donors (Lipinski definition) is 0. The number of aromatic nitrogens is 2. The summed E-state index contributed by atoms with van der Waals surface area (Å²) in [6.45, 7) is 4.88. The fourth-order valence-electron chi connectivity index (χ4n) is 4.25. The molecule has 4 nitrogen and oxygen atoms in total. The first-order valence-electron chi connectivity index (χ1n) is 10.5. The van der Waals surface area contributed by atoms with Gasteiger partial charge in [0.15, 0.2) is 0 Å². The highest BCUT2D eigenvalue weighted by Crippen LogP contribution is 2.36. The molecule has 1 heterocycles. The predicted octanol–water partition coefficient (Wildman–Crippen LogP) is 5.20. The molecule has 1 aliphatic rings. The summed E-state index contributed by atoms with van der Waals surface area (Å²) in [4.78, 5) is 19.8. The maximum Gasteiger partial charge on any atom is 0.228 e. The summed E-state index contributed by atoms with van der Waals surface area (Å²) in [5, 5.41) is 0. The van der Waals surface area contributed by atoms with E-state index in [0.29, 0.717) is 18.9 Å². The quantitative estimate of drug-likeness (QED) is 0.583. The number of nitrogens with zero attached hydrogens (tertiary/aromatic N) is 3. The third-order valence-electron chi connectivity index (χ3n) is 6.19. The monoisotopic (exact) mass is 387 g/mol. The number of imidazole rings is 1. The third kappa shape index (κ3) is 4.12. The van der Waals surface area contributed by atoms with Gasteiger partial charge in [0.2, 0.25) is 5.91 Å². The lowest BCUT2D eigenvalue weighted by Gasteiger charge is -2.25. The Morgan fingerprint density at radius 2 is 2.03 bits per heavy atom. The van der Waals surface area contributed by atoms with Crippen molar-refractivity contribution in [3.8, 4) is 0 Å². The van der Waals surface area contributed by atoms with E-state index in [1.165, 1.54) is 23.1 Å². The molecular weight excluding hydrogens is 358 g/mol. The summed E-state index contributed by atoms with van der Waals surface area (Å²) < 4.78 is 1.98. The summed E-state index contributed by atoms with van der Waals surface area (Å²) in [6, 6.07) is 16.8. The summed E-state index contributed by atoms with van der Waals surface area (Å²) >= 11 is 0. The van der Waals surface area contributed by atoms with E-state index in [1.54, 1.807) is 6.20 Å². The van der Waals surface area contributed by atoms with Gasteiger partial charge in [-0.2, -0.15) is 0 Å². The van der Waals surface area contributed by atoms with Crippen molar-refractivity contribution < 1.29 is 4.79 Å². The van der Waals surface area contributed by atoms with Crippen molar-refractivity contribution >= 4 is 11.6 Å². The topological polar surface area (TPSA) is 38.1 Å². The van der Waals surface area contributed by atoms with Crippen LogP contribution in [0.1, 0.15) is 61.0 Å². The zero-order valence-corrected chi connectivity index (χ0v) is 17.5. The van der Waals surface area contributed by atoms with Gasteiger partial charge in [-0.15, -0.1) is 0 Å². The number of benzene rings is 2. The minimum Gasteiger partial charge on any atom is -0.337 e. The zero-order chi connectivity index (χ0) is 20.4. The Morgan fingerprint density at radius 3 is 2.76 bits per heavy atom. The Labute approximate surface area is 173 Å². The van der Waals surface area contributed by atoms with E-state index in [9.17, 15) is 4.79 Å². The van der Waals surface area contributed by atoms with Crippen LogP contribution >= 0.6 is 0 Å². The van der Waals surface area contributed by atoms with Crippen LogP contribution in [-0.4, -0.2) is 15.5 Å². The van der Waals surface area contributed by atoms with E-state index in [0.717, 1.165) is 17.9 Å². The van der Waals surface area contributed by atoms with Gasteiger partial charge in [-0.05, 0) is 53.5 Å². The Bertz CT molecular complexity index is 992. The van der Waals surface area contributed by atoms with Crippen molar-refractivity contribution in [2.75, 3.05) is 4.90 Å². The Hall–Kier alpha value is -2.88. The number of rotatable bonds is 6. The minimum atomic E-state index is 0.134. The molecule has 3 aromatic rings. The van der Waals surface area contributed by atoms with Crippen molar-refractivity contribution in [2.24, 2.45) is 7.05 Å². The number of hydrogen-bond acceptors (Lipinski definition) is 2. The van der Waals surface area contributed by atoms with E-state index in [1.807, 2.05) is 40.9 Å². The van der Waals surface area contributed by atoms with Gasteiger partial charge in [0, 0.05) is 31.5 Å². The van der Waals surface area contributed by atoms with Crippen LogP contribution in [-0.2, 0) is 24.8 Å². The molecule has 0 saturated carbocycles. The van der Waals surface area contributed by atoms with Crippen molar-refractivity contribution in [2.45, 2.75) is 51.5 Å². The SMILES string of the molecule is C[C@H](CC(=O)N(Cc1nccn1C)c1ccc2c(c1)[C@@H](C)CC2)c1ccccc1.